The Labute approximate surface area is 115 Å². The molecule has 5 nitrogen and oxygen atoms in total. The number of hydrogen-bond acceptors (Lipinski definition) is 5. The summed E-state index contributed by atoms with van der Waals surface area (Å²) in [5.41, 5.74) is 6.72. The summed E-state index contributed by atoms with van der Waals surface area (Å²) in [5.74, 6) is 0.510. The van der Waals surface area contributed by atoms with Crippen molar-refractivity contribution >= 4 is 5.82 Å². The first kappa shape index (κ1) is 14.2. The van der Waals surface area contributed by atoms with E-state index >= 15 is 0 Å². The number of nitrogens with two attached hydrogens (primary N) is 1. The number of nitrogens with zero attached hydrogens (tertiary/aromatic N) is 3. The molecule has 2 rings (SSSR count). The molecular weight excluding hydrogens is 240 g/mol. The smallest absolute Gasteiger partial charge is 0.123 e. The molecule has 2 atom stereocenters. The van der Waals surface area contributed by atoms with Gasteiger partial charge in [0.05, 0.1) is 6.10 Å². The number of aromatic nitrogens is 1. The van der Waals surface area contributed by atoms with E-state index in [9.17, 15) is 5.11 Å². The summed E-state index contributed by atoms with van der Waals surface area (Å²) in [5, 5.41) is 10.5. The van der Waals surface area contributed by atoms with Crippen LogP contribution in [0.25, 0.3) is 0 Å². The predicted molar refractivity (Wildman–Crippen MR) is 76.9 cm³/mol. The minimum Gasteiger partial charge on any atom is -0.391 e. The normalized spacial score (nSPS) is 24.1. The van der Waals surface area contributed by atoms with Crippen LogP contribution in [0.3, 0.4) is 0 Å². The standard InChI is InChI=1S/C14H24N4O/c1-17-6-3-7-18(2)12(10-17)13(19)8-11-4-5-16-14(15)9-11/h4-5,9,12-13,19H,3,6-8,10H2,1-2H3,(H2,15,16). The Kier molecular flexibility index (Phi) is 4.74. The molecule has 2 heterocycles. The number of anilines is 1. The second-order valence-corrected chi connectivity index (χ2v) is 5.52. The van der Waals surface area contributed by atoms with Crippen LogP contribution in [0, 0.1) is 0 Å². The van der Waals surface area contributed by atoms with Crippen LogP contribution in [0.2, 0.25) is 0 Å². The Hall–Kier alpha value is -1.17. The van der Waals surface area contributed by atoms with Crippen molar-refractivity contribution in [1.82, 2.24) is 14.8 Å². The summed E-state index contributed by atoms with van der Waals surface area (Å²) in [6, 6.07) is 3.92. The van der Waals surface area contributed by atoms with E-state index in [4.69, 9.17) is 5.73 Å². The number of likely N-dealkylation sites (N-methyl/N-ethyl adjacent to an activating group) is 2. The molecule has 1 fully saturated rings. The first-order chi connectivity index (χ1) is 9.06. The van der Waals surface area contributed by atoms with Crippen molar-refractivity contribution in [3.8, 4) is 0 Å². The Morgan fingerprint density at radius 2 is 2.26 bits per heavy atom. The van der Waals surface area contributed by atoms with Gasteiger partial charge in [-0.3, -0.25) is 4.90 Å². The van der Waals surface area contributed by atoms with E-state index in [1.807, 2.05) is 12.1 Å². The Balaban J connectivity index is 2.03. The maximum absolute atomic E-state index is 10.5. The van der Waals surface area contributed by atoms with Crippen molar-refractivity contribution < 1.29 is 5.11 Å². The molecule has 19 heavy (non-hydrogen) atoms. The summed E-state index contributed by atoms with van der Waals surface area (Å²) in [6.07, 6.45) is 3.08. The SMILES string of the molecule is CN1CCCN(C)C(C(O)Cc2ccnc(N)c2)C1. The van der Waals surface area contributed by atoms with Crippen molar-refractivity contribution in [1.29, 1.82) is 0 Å². The summed E-state index contributed by atoms with van der Waals surface area (Å²) < 4.78 is 0. The highest BCUT2D eigenvalue weighted by molar-refractivity contribution is 5.32. The largest absolute Gasteiger partial charge is 0.391 e. The zero-order valence-corrected chi connectivity index (χ0v) is 11.8. The third-order valence-electron chi connectivity index (χ3n) is 3.85. The van der Waals surface area contributed by atoms with Gasteiger partial charge in [-0.15, -0.1) is 0 Å². The Morgan fingerprint density at radius 3 is 3.00 bits per heavy atom. The molecule has 5 heteroatoms. The maximum Gasteiger partial charge on any atom is 0.123 e. The molecule has 0 saturated carbocycles. The molecule has 0 aromatic carbocycles. The first-order valence-electron chi connectivity index (χ1n) is 6.83. The Morgan fingerprint density at radius 1 is 1.47 bits per heavy atom. The molecule has 1 aromatic heterocycles. The Bertz CT molecular complexity index is 412. The van der Waals surface area contributed by atoms with Crippen molar-refractivity contribution in [2.75, 3.05) is 39.5 Å². The van der Waals surface area contributed by atoms with Crippen LogP contribution in [0.15, 0.2) is 18.3 Å². The van der Waals surface area contributed by atoms with Gasteiger partial charge >= 0.3 is 0 Å². The van der Waals surface area contributed by atoms with Crippen LogP contribution in [-0.4, -0.2) is 65.8 Å². The quantitative estimate of drug-likeness (QED) is 0.816. The second kappa shape index (κ2) is 6.32. The van der Waals surface area contributed by atoms with Crippen LogP contribution in [0.1, 0.15) is 12.0 Å². The minimum atomic E-state index is -0.382. The lowest BCUT2D eigenvalue weighted by molar-refractivity contribution is 0.0581. The third-order valence-corrected chi connectivity index (χ3v) is 3.85. The first-order valence-corrected chi connectivity index (χ1v) is 6.83. The summed E-state index contributed by atoms with van der Waals surface area (Å²) in [6.45, 7) is 3.03. The average Bonchev–Trinajstić information content (AvgIpc) is 2.51. The molecule has 106 valence electrons. The van der Waals surface area contributed by atoms with Crippen molar-refractivity contribution in [2.45, 2.75) is 25.0 Å². The molecule has 1 saturated heterocycles. The van der Waals surface area contributed by atoms with Crippen LogP contribution in [-0.2, 0) is 6.42 Å². The zero-order valence-electron chi connectivity index (χ0n) is 11.8. The van der Waals surface area contributed by atoms with Gasteiger partial charge < -0.3 is 15.7 Å². The summed E-state index contributed by atoms with van der Waals surface area (Å²) in [7, 11) is 4.21. The summed E-state index contributed by atoms with van der Waals surface area (Å²) >= 11 is 0. The molecule has 0 radical (unpaired) electrons. The minimum absolute atomic E-state index is 0.168. The molecule has 0 amide bonds. The fraction of sp³-hybridized carbons (Fsp3) is 0.643. The molecular formula is C14H24N4O. The molecule has 1 aliphatic heterocycles. The van der Waals surface area contributed by atoms with E-state index < -0.39 is 0 Å². The molecule has 0 spiro atoms. The monoisotopic (exact) mass is 264 g/mol. The second-order valence-electron chi connectivity index (χ2n) is 5.52. The number of nitrogen functional groups attached to an aromatic ring is 1. The lowest BCUT2D eigenvalue weighted by Gasteiger charge is -2.31. The summed E-state index contributed by atoms with van der Waals surface area (Å²) in [4.78, 5) is 8.53. The molecule has 3 N–H and O–H groups in total. The lowest BCUT2D eigenvalue weighted by atomic mass is 10.0. The van der Waals surface area contributed by atoms with Crippen LogP contribution in [0.4, 0.5) is 5.82 Å². The molecule has 2 unspecified atom stereocenters. The predicted octanol–water partition coefficient (Wildman–Crippen LogP) is 0.203. The fourth-order valence-electron chi connectivity index (χ4n) is 2.72. The third kappa shape index (κ3) is 3.89. The topological polar surface area (TPSA) is 65.6 Å². The maximum atomic E-state index is 10.5. The molecule has 0 aliphatic carbocycles. The number of aliphatic hydroxyl groups excluding tert-OH is 1. The van der Waals surface area contributed by atoms with Crippen LogP contribution >= 0.6 is 0 Å². The van der Waals surface area contributed by atoms with Gasteiger partial charge in [0, 0.05) is 25.2 Å². The number of pyridine rings is 1. The van der Waals surface area contributed by atoms with Crippen molar-refractivity contribution in [3.63, 3.8) is 0 Å². The van der Waals surface area contributed by atoms with Gasteiger partial charge in [-0.25, -0.2) is 4.98 Å². The van der Waals surface area contributed by atoms with E-state index in [-0.39, 0.29) is 12.1 Å². The van der Waals surface area contributed by atoms with Crippen molar-refractivity contribution in [3.05, 3.63) is 23.9 Å². The van der Waals surface area contributed by atoms with E-state index in [0.717, 1.165) is 31.6 Å². The average molecular weight is 264 g/mol. The van der Waals surface area contributed by atoms with Gasteiger partial charge in [-0.2, -0.15) is 0 Å². The highest BCUT2D eigenvalue weighted by Crippen LogP contribution is 2.15. The highest BCUT2D eigenvalue weighted by atomic mass is 16.3. The van der Waals surface area contributed by atoms with Gasteiger partial charge in [-0.1, -0.05) is 0 Å². The number of aliphatic hydroxyl groups is 1. The van der Waals surface area contributed by atoms with Gasteiger partial charge in [0.25, 0.3) is 0 Å². The number of rotatable bonds is 3. The van der Waals surface area contributed by atoms with Gasteiger partial charge in [0.1, 0.15) is 5.82 Å². The molecule has 0 bridgehead atoms. The fourth-order valence-corrected chi connectivity index (χ4v) is 2.72. The molecule has 1 aliphatic rings. The van der Waals surface area contributed by atoms with E-state index in [1.165, 1.54) is 0 Å². The zero-order chi connectivity index (χ0) is 13.8. The van der Waals surface area contributed by atoms with E-state index in [1.54, 1.807) is 6.20 Å². The van der Waals surface area contributed by atoms with E-state index in [2.05, 4.69) is 28.9 Å². The van der Waals surface area contributed by atoms with Crippen LogP contribution in [0.5, 0.6) is 0 Å². The van der Waals surface area contributed by atoms with E-state index in [0.29, 0.717) is 12.2 Å². The molecule has 1 aromatic rings. The van der Waals surface area contributed by atoms with Gasteiger partial charge in [0.2, 0.25) is 0 Å². The number of hydrogen-bond donors (Lipinski definition) is 2. The highest BCUT2D eigenvalue weighted by Gasteiger charge is 2.27. The van der Waals surface area contributed by atoms with Crippen LogP contribution < -0.4 is 5.73 Å². The van der Waals surface area contributed by atoms with Gasteiger partial charge in [0.15, 0.2) is 0 Å². The lowest BCUT2D eigenvalue weighted by Crippen LogP contribution is -2.47. The van der Waals surface area contributed by atoms with Gasteiger partial charge in [-0.05, 0) is 51.3 Å². The van der Waals surface area contributed by atoms with Crippen molar-refractivity contribution in [2.24, 2.45) is 0 Å².